The fourth-order valence-corrected chi connectivity index (χ4v) is 5.77. The highest BCUT2D eigenvalue weighted by molar-refractivity contribution is 5.88. The number of allylic oxidation sites excluding steroid dienone is 7. The molecule has 4 nitrogen and oxygen atoms in total. The summed E-state index contributed by atoms with van der Waals surface area (Å²) in [6.07, 6.45) is 15.3. The van der Waals surface area contributed by atoms with Gasteiger partial charge < -0.3 is 9.80 Å². The summed E-state index contributed by atoms with van der Waals surface area (Å²) in [6.45, 7) is 33.2. The molecule has 41 heavy (non-hydrogen) atoms. The Hall–Kier alpha value is -1.36. The van der Waals surface area contributed by atoms with Gasteiger partial charge in [0.05, 0.1) is 31.7 Å². The van der Waals surface area contributed by atoms with E-state index in [9.17, 15) is 4.79 Å². The van der Waals surface area contributed by atoms with E-state index in [0.29, 0.717) is 30.7 Å². The number of carbonyl (C=O) groups excluding carboxylic acids is 1. The number of rotatable bonds is 20. The van der Waals surface area contributed by atoms with E-state index >= 15 is 0 Å². The zero-order valence-corrected chi connectivity index (χ0v) is 30.2. The van der Waals surface area contributed by atoms with Gasteiger partial charge in [-0.15, -0.1) is 12.4 Å². The lowest BCUT2D eigenvalue weighted by atomic mass is 10.0. The van der Waals surface area contributed by atoms with Crippen molar-refractivity contribution in [3.63, 3.8) is 0 Å². The molecule has 1 amide bonds. The lowest BCUT2D eigenvalue weighted by Gasteiger charge is -2.47. The van der Waals surface area contributed by atoms with Crippen LogP contribution in [0.3, 0.4) is 0 Å². The molecule has 0 saturated carbocycles. The molecule has 0 aliphatic rings. The Morgan fingerprint density at radius 3 is 1.54 bits per heavy atom. The van der Waals surface area contributed by atoms with Crippen molar-refractivity contribution in [1.82, 2.24) is 10.2 Å². The molecular formula is C36H69ClN3O+. The highest BCUT2D eigenvalue weighted by Gasteiger charge is 2.35. The molecule has 0 aromatic rings. The lowest BCUT2D eigenvalue weighted by molar-refractivity contribution is -0.965. The van der Waals surface area contributed by atoms with Gasteiger partial charge in [-0.25, -0.2) is 0 Å². The van der Waals surface area contributed by atoms with Crippen LogP contribution in [-0.4, -0.2) is 65.6 Å². The summed E-state index contributed by atoms with van der Waals surface area (Å²) in [6, 6.07) is 2.09. The maximum atomic E-state index is 12.7. The third-order valence-corrected chi connectivity index (χ3v) is 8.52. The zero-order chi connectivity index (χ0) is 30.9. The maximum Gasteiger partial charge on any atom is 0.244 e. The van der Waals surface area contributed by atoms with Crippen LogP contribution < -0.4 is 5.32 Å². The SMILES string of the molecule is CC(C)=CCCC(C)=CCCC(C)=CCCC(C)=CC(=O)NCC[N+](CCN(C(C)C)C(C)C)(C(C)C)C(C)C.Cl. The molecule has 0 rings (SSSR count). The van der Waals surface area contributed by atoms with Gasteiger partial charge >= 0.3 is 0 Å². The van der Waals surface area contributed by atoms with Crippen LogP contribution in [0.4, 0.5) is 0 Å². The van der Waals surface area contributed by atoms with Crippen molar-refractivity contribution in [2.75, 3.05) is 26.2 Å². The minimum absolute atomic E-state index is 0. The molecule has 0 aromatic heterocycles. The second-order valence-electron chi connectivity index (χ2n) is 13.4. The molecule has 0 aromatic carbocycles. The topological polar surface area (TPSA) is 32.3 Å². The molecule has 0 bridgehead atoms. The number of nitrogens with one attached hydrogen (secondary N) is 1. The van der Waals surface area contributed by atoms with Crippen LogP contribution in [0.2, 0.25) is 0 Å². The Labute approximate surface area is 262 Å². The van der Waals surface area contributed by atoms with Crippen molar-refractivity contribution in [3.8, 4) is 0 Å². The number of quaternary nitrogens is 1. The quantitative estimate of drug-likeness (QED) is 0.0864. The van der Waals surface area contributed by atoms with Crippen LogP contribution in [0.5, 0.6) is 0 Å². The van der Waals surface area contributed by atoms with Crippen molar-refractivity contribution in [2.24, 2.45) is 0 Å². The molecule has 0 fully saturated rings. The standard InChI is InChI=1S/C36H67N3O.ClH/c1-28(2)17-14-18-33(11)19-15-20-34(12)21-16-22-35(13)27-36(40)37-23-25-39(31(7)8,32(9)10)26-24-38(29(3)4)30(5)6;/h17,19,21,27,29-32H,14-16,18,20,22-26H2,1-13H3;1H/p+1. The van der Waals surface area contributed by atoms with E-state index in [2.05, 4.69) is 118 Å². The second kappa shape index (κ2) is 22.2. The third kappa shape index (κ3) is 18.0. The minimum atomic E-state index is 0. The normalized spacial score (nSPS) is 13.5. The number of hydrogen-bond acceptors (Lipinski definition) is 2. The average Bonchev–Trinajstić information content (AvgIpc) is 2.81. The smallest absolute Gasteiger partial charge is 0.244 e. The summed E-state index contributed by atoms with van der Waals surface area (Å²) in [4.78, 5) is 15.3. The van der Waals surface area contributed by atoms with Crippen molar-refractivity contribution < 1.29 is 9.28 Å². The largest absolute Gasteiger partial charge is 0.347 e. The van der Waals surface area contributed by atoms with Crippen molar-refractivity contribution in [1.29, 1.82) is 0 Å². The van der Waals surface area contributed by atoms with Gasteiger partial charge in [0, 0.05) is 24.7 Å². The van der Waals surface area contributed by atoms with E-state index < -0.39 is 0 Å². The van der Waals surface area contributed by atoms with Crippen LogP contribution in [-0.2, 0) is 4.79 Å². The van der Waals surface area contributed by atoms with Crippen LogP contribution >= 0.6 is 12.4 Å². The third-order valence-electron chi connectivity index (χ3n) is 8.52. The van der Waals surface area contributed by atoms with Crippen LogP contribution in [0.25, 0.3) is 0 Å². The highest BCUT2D eigenvalue weighted by Crippen LogP contribution is 2.20. The first-order valence-corrected chi connectivity index (χ1v) is 16.1. The molecular weight excluding hydrogens is 526 g/mol. The molecule has 0 unspecified atom stereocenters. The van der Waals surface area contributed by atoms with E-state index in [-0.39, 0.29) is 18.3 Å². The Morgan fingerprint density at radius 1 is 0.683 bits per heavy atom. The first-order chi connectivity index (χ1) is 18.6. The second-order valence-corrected chi connectivity index (χ2v) is 13.4. The van der Waals surface area contributed by atoms with E-state index in [4.69, 9.17) is 0 Å². The van der Waals surface area contributed by atoms with Crippen LogP contribution in [0.15, 0.2) is 46.6 Å². The van der Waals surface area contributed by atoms with Crippen molar-refractivity contribution in [2.45, 2.75) is 153 Å². The van der Waals surface area contributed by atoms with Crippen molar-refractivity contribution in [3.05, 3.63) is 46.6 Å². The van der Waals surface area contributed by atoms with Crippen molar-refractivity contribution >= 4 is 18.3 Å². The summed E-state index contributed by atoms with van der Waals surface area (Å²) in [5.74, 6) is 0.0449. The van der Waals surface area contributed by atoms with Crippen LogP contribution in [0.1, 0.15) is 129 Å². The summed E-state index contributed by atoms with van der Waals surface area (Å²) >= 11 is 0. The summed E-state index contributed by atoms with van der Waals surface area (Å²) in [5.41, 5.74) is 5.48. The van der Waals surface area contributed by atoms with Gasteiger partial charge in [0.25, 0.3) is 0 Å². The first kappa shape index (κ1) is 41.8. The van der Waals surface area contributed by atoms with Gasteiger partial charge in [0.1, 0.15) is 0 Å². The fraction of sp³-hybridized carbons (Fsp3) is 0.750. The number of amides is 1. The molecule has 0 spiro atoms. The van der Waals surface area contributed by atoms with Crippen LogP contribution in [0, 0.1) is 0 Å². The lowest BCUT2D eigenvalue weighted by Crippen LogP contribution is -2.63. The number of hydrogen-bond donors (Lipinski definition) is 1. The molecule has 0 heterocycles. The minimum Gasteiger partial charge on any atom is -0.347 e. The average molecular weight is 595 g/mol. The van der Waals surface area contributed by atoms with E-state index in [1.165, 1.54) is 16.7 Å². The monoisotopic (exact) mass is 595 g/mol. The van der Waals surface area contributed by atoms with E-state index in [1.807, 2.05) is 0 Å². The molecule has 0 saturated heterocycles. The van der Waals surface area contributed by atoms with Gasteiger partial charge in [0.15, 0.2) is 0 Å². The summed E-state index contributed by atoms with van der Waals surface area (Å²) in [5, 5.41) is 3.20. The predicted molar refractivity (Wildman–Crippen MR) is 186 cm³/mol. The van der Waals surface area contributed by atoms with E-state index in [1.54, 1.807) is 6.08 Å². The fourth-order valence-electron chi connectivity index (χ4n) is 5.77. The predicted octanol–water partition coefficient (Wildman–Crippen LogP) is 9.42. The summed E-state index contributed by atoms with van der Waals surface area (Å²) in [7, 11) is 0. The maximum absolute atomic E-state index is 12.7. The van der Waals surface area contributed by atoms with Gasteiger partial charge in [-0.05, 0) is 129 Å². The van der Waals surface area contributed by atoms with Gasteiger partial charge in [-0.3, -0.25) is 9.69 Å². The van der Waals surface area contributed by atoms with Gasteiger partial charge in [0.2, 0.25) is 5.91 Å². The van der Waals surface area contributed by atoms with E-state index in [0.717, 1.165) is 68.2 Å². The Bertz CT molecular complexity index is 829. The number of nitrogens with zero attached hydrogens (tertiary/aromatic N) is 2. The molecule has 0 radical (unpaired) electrons. The molecule has 0 aliphatic carbocycles. The van der Waals surface area contributed by atoms with Gasteiger partial charge in [-0.2, -0.15) is 0 Å². The Kier molecular flexibility index (Phi) is 22.6. The molecule has 0 aliphatic heterocycles. The molecule has 5 heteroatoms. The molecule has 240 valence electrons. The molecule has 0 atom stereocenters. The zero-order valence-electron chi connectivity index (χ0n) is 29.4. The molecule has 1 N–H and O–H groups in total. The van der Waals surface area contributed by atoms with Gasteiger partial charge in [-0.1, -0.05) is 40.5 Å². The Morgan fingerprint density at radius 2 is 1.12 bits per heavy atom. The Balaban J connectivity index is 0. The number of halogens is 1. The highest BCUT2D eigenvalue weighted by atomic mass is 35.5. The number of carbonyl (C=O) groups is 1. The first-order valence-electron chi connectivity index (χ1n) is 16.1. The summed E-state index contributed by atoms with van der Waals surface area (Å²) < 4.78 is 1.02.